The maximum absolute atomic E-state index is 13.2. The third-order valence-electron chi connectivity index (χ3n) is 5.44. The summed E-state index contributed by atoms with van der Waals surface area (Å²) in [6, 6.07) is 23.0. The zero-order chi connectivity index (χ0) is 18.6. The summed E-state index contributed by atoms with van der Waals surface area (Å²) in [6.45, 7) is 3.98. The lowest BCUT2D eigenvalue weighted by Crippen LogP contribution is -2.06. The van der Waals surface area contributed by atoms with Crippen LogP contribution in [0.25, 0.3) is 38.4 Å². The number of para-hydroxylation sites is 1. The van der Waals surface area contributed by atoms with Gasteiger partial charge in [0.15, 0.2) is 0 Å². The molecule has 0 N–H and O–H groups in total. The van der Waals surface area contributed by atoms with E-state index in [9.17, 15) is 4.57 Å². The van der Waals surface area contributed by atoms with Gasteiger partial charge in [0, 0.05) is 22.2 Å². The van der Waals surface area contributed by atoms with Gasteiger partial charge in [-0.25, -0.2) is 4.98 Å². The minimum Gasteiger partial charge on any atom is -0.319 e. The van der Waals surface area contributed by atoms with Gasteiger partial charge < -0.3 is 4.57 Å². The second-order valence-electron chi connectivity index (χ2n) is 7.33. The van der Waals surface area contributed by atoms with Crippen LogP contribution in [-0.4, -0.2) is 22.2 Å². The van der Waals surface area contributed by atoms with E-state index in [1.165, 1.54) is 10.8 Å². The molecule has 1 atom stereocenters. The van der Waals surface area contributed by atoms with Crippen LogP contribution in [0.3, 0.4) is 0 Å². The molecule has 0 bridgehead atoms. The van der Waals surface area contributed by atoms with Crippen LogP contribution < -0.4 is 5.30 Å². The van der Waals surface area contributed by atoms with Crippen LogP contribution in [-0.2, 0) is 4.57 Å². The molecule has 27 heavy (non-hydrogen) atoms. The Labute approximate surface area is 158 Å². The van der Waals surface area contributed by atoms with Crippen LogP contribution in [0, 0.1) is 0 Å². The molecule has 0 saturated carbocycles. The second-order valence-corrected chi connectivity index (χ2v) is 10.5. The maximum Gasteiger partial charge on any atom is 0.146 e. The fourth-order valence-electron chi connectivity index (χ4n) is 4.15. The molecule has 3 aromatic carbocycles. The van der Waals surface area contributed by atoms with E-state index in [1.807, 2.05) is 18.8 Å². The van der Waals surface area contributed by atoms with Crippen molar-refractivity contribution in [2.45, 2.75) is 13.3 Å². The molecule has 0 fully saturated rings. The molecule has 2 heterocycles. The zero-order valence-corrected chi connectivity index (χ0v) is 16.4. The lowest BCUT2D eigenvalue weighted by atomic mass is 10.1. The first-order chi connectivity index (χ1) is 13.1. The predicted molar refractivity (Wildman–Crippen MR) is 116 cm³/mol. The van der Waals surface area contributed by atoms with E-state index >= 15 is 0 Å². The Morgan fingerprint density at radius 1 is 0.889 bits per heavy atom. The molecular weight excluding hydrogens is 351 g/mol. The molecule has 5 aromatic rings. The Bertz CT molecular complexity index is 1380. The largest absolute Gasteiger partial charge is 0.319 e. The fraction of sp³-hybridized carbons (Fsp3) is 0.174. The van der Waals surface area contributed by atoms with Crippen LogP contribution >= 0.6 is 7.14 Å². The van der Waals surface area contributed by atoms with E-state index in [-0.39, 0.29) is 0 Å². The first-order valence-electron chi connectivity index (χ1n) is 9.39. The molecule has 0 amide bonds. The number of fused-ring (bicyclic) bond motifs is 8. The van der Waals surface area contributed by atoms with E-state index < -0.39 is 7.14 Å². The van der Waals surface area contributed by atoms with Crippen LogP contribution in [0.15, 0.2) is 66.7 Å². The van der Waals surface area contributed by atoms with Gasteiger partial charge in [0.05, 0.1) is 16.6 Å². The number of aromatic nitrogens is 2. The van der Waals surface area contributed by atoms with Crippen LogP contribution in [0.1, 0.15) is 13.3 Å². The predicted octanol–water partition coefficient (Wildman–Crippen LogP) is 5.82. The molecule has 0 saturated heterocycles. The zero-order valence-electron chi connectivity index (χ0n) is 15.5. The molecule has 0 aliphatic rings. The average molecular weight is 372 g/mol. The lowest BCUT2D eigenvalue weighted by Gasteiger charge is -2.13. The highest BCUT2D eigenvalue weighted by molar-refractivity contribution is 7.70. The Morgan fingerprint density at radius 3 is 2.37 bits per heavy atom. The molecule has 4 heteroatoms. The number of benzene rings is 3. The first kappa shape index (κ1) is 16.5. The molecule has 0 aliphatic heterocycles. The molecule has 0 radical (unpaired) electrons. The van der Waals surface area contributed by atoms with Crippen molar-refractivity contribution >= 4 is 50.8 Å². The fourth-order valence-corrected chi connectivity index (χ4v) is 6.04. The molecule has 3 nitrogen and oxygen atoms in total. The molecule has 5 rings (SSSR count). The summed E-state index contributed by atoms with van der Waals surface area (Å²) in [5.74, 6) is 0. The summed E-state index contributed by atoms with van der Waals surface area (Å²) >= 11 is 0. The number of rotatable bonds is 3. The van der Waals surface area contributed by atoms with Gasteiger partial charge in [-0.1, -0.05) is 49.4 Å². The average Bonchev–Trinajstić information content (AvgIpc) is 3.07. The number of nitrogens with zero attached hydrogens (tertiary/aromatic N) is 2. The quantitative estimate of drug-likeness (QED) is 0.295. The number of imidazole rings is 1. The van der Waals surface area contributed by atoms with Crippen molar-refractivity contribution in [1.29, 1.82) is 0 Å². The molecule has 2 aromatic heterocycles. The van der Waals surface area contributed by atoms with Crippen molar-refractivity contribution in [3.8, 4) is 0 Å². The smallest absolute Gasteiger partial charge is 0.146 e. The highest BCUT2D eigenvalue weighted by atomic mass is 31.2. The van der Waals surface area contributed by atoms with Gasteiger partial charge in [-0.15, -0.1) is 0 Å². The Balaban J connectivity index is 1.98. The summed E-state index contributed by atoms with van der Waals surface area (Å²) in [5, 5.41) is 4.50. The molecule has 1 unspecified atom stereocenters. The van der Waals surface area contributed by atoms with Crippen LogP contribution in [0.5, 0.6) is 0 Å². The van der Waals surface area contributed by atoms with Crippen molar-refractivity contribution in [3.63, 3.8) is 0 Å². The van der Waals surface area contributed by atoms with Crippen molar-refractivity contribution < 1.29 is 4.57 Å². The molecule has 134 valence electrons. The number of hydrogen-bond donors (Lipinski definition) is 0. The normalized spacial score (nSPS) is 14.3. The van der Waals surface area contributed by atoms with Crippen molar-refractivity contribution in [1.82, 2.24) is 9.38 Å². The van der Waals surface area contributed by atoms with Gasteiger partial charge in [0.1, 0.15) is 12.8 Å². The van der Waals surface area contributed by atoms with Gasteiger partial charge in [-0.05, 0) is 42.7 Å². The standard InChI is InChI=1S/C23H21N2OP/c1-3-14-27(2,26)16-12-13-20-22(15-16)25-21-11-7-6-9-18(21)17-8-4-5-10-19(17)23(25)24-20/h4-13,15H,3,14H2,1-2H3. The van der Waals surface area contributed by atoms with E-state index in [4.69, 9.17) is 4.98 Å². The first-order valence-corrected chi connectivity index (χ1v) is 11.7. The summed E-state index contributed by atoms with van der Waals surface area (Å²) in [5.41, 5.74) is 4.06. The van der Waals surface area contributed by atoms with E-state index in [0.717, 1.165) is 45.5 Å². The number of hydrogen-bond acceptors (Lipinski definition) is 2. The molecule has 0 spiro atoms. The van der Waals surface area contributed by atoms with Crippen LogP contribution in [0.2, 0.25) is 0 Å². The lowest BCUT2D eigenvalue weighted by molar-refractivity contribution is 0.584. The van der Waals surface area contributed by atoms with E-state index in [2.05, 4.69) is 65.9 Å². The highest BCUT2D eigenvalue weighted by Gasteiger charge is 2.20. The van der Waals surface area contributed by atoms with Gasteiger partial charge in [0.2, 0.25) is 0 Å². The summed E-state index contributed by atoms with van der Waals surface area (Å²) in [4.78, 5) is 4.94. The SMILES string of the molecule is CCCP(C)(=O)c1ccc2nc3c4ccccc4c4ccccc4n3c2c1. The third-order valence-corrected chi connectivity index (χ3v) is 8.11. The van der Waals surface area contributed by atoms with Crippen molar-refractivity contribution in [3.05, 3.63) is 66.7 Å². The van der Waals surface area contributed by atoms with Gasteiger partial charge in [-0.3, -0.25) is 4.40 Å². The Hall–Kier alpha value is -2.64. The van der Waals surface area contributed by atoms with Gasteiger partial charge in [0.25, 0.3) is 0 Å². The molecular formula is C23H21N2OP. The summed E-state index contributed by atoms with van der Waals surface area (Å²) in [7, 11) is -2.35. The topological polar surface area (TPSA) is 34.4 Å². The Morgan fingerprint density at radius 2 is 1.59 bits per heavy atom. The van der Waals surface area contributed by atoms with E-state index in [1.54, 1.807) is 0 Å². The Kier molecular flexibility index (Phi) is 3.63. The monoisotopic (exact) mass is 372 g/mol. The highest BCUT2D eigenvalue weighted by Crippen LogP contribution is 2.41. The molecule has 0 aliphatic carbocycles. The van der Waals surface area contributed by atoms with Crippen molar-refractivity contribution in [2.24, 2.45) is 0 Å². The second kappa shape index (κ2) is 5.94. The third kappa shape index (κ3) is 2.42. The minimum atomic E-state index is -2.35. The van der Waals surface area contributed by atoms with Crippen molar-refractivity contribution in [2.75, 3.05) is 12.8 Å². The minimum absolute atomic E-state index is 0.735. The maximum atomic E-state index is 13.2. The summed E-state index contributed by atoms with van der Waals surface area (Å²) in [6.07, 6.45) is 1.66. The van der Waals surface area contributed by atoms with Crippen LogP contribution in [0.4, 0.5) is 0 Å². The summed E-state index contributed by atoms with van der Waals surface area (Å²) < 4.78 is 15.4. The number of pyridine rings is 1. The van der Waals surface area contributed by atoms with Gasteiger partial charge >= 0.3 is 0 Å². The van der Waals surface area contributed by atoms with Gasteiger partial charge in [-0.2, -0.15) is 0 Å². The van der Waals surface area contributed by atoms with E-state index in [0.29, 0.717) is 0 Å².